The van der Waals surface area contributed by atoms with Crippen molar-refractivity contribution in [2.75, 3.05) is 46.6 Å². The van der Waals surface area contributed by atoms with Crippen molar-refractivity contribution in [1.82, 2.24) is 25.5 Å². The van der Waals surface area contributed by atoms with Crippen molar-refractivity contribution in [2.24, 2.45) is 0 Å². The number of benzene rings is 1. The highest BCUT2D eigenvalue weighted by atomic mass is 35.5. The molecule has 2 N–H and O–H groups in total. The third-order valence-corrected chi connectivity index (χ3v) is 7.69. The molecule has 2 heterocycles. The van der Waals surface area contributed by atoms with E-state index in [1.54, 1.807) is 32.3 Å². The molecule has 1 aliphatic heterocycles. The lowest BCUT2D eigenvalue weighted by atomic mass is 10.1. The van der Waals surface area contributed by atoms with Gasteiger partial charge < -0.3 is 34.5 Å². The van der Waals surface area contributed by atoms with Crippen LogP contribution >= 0.6 is 11.6 Å². The molecule has 2 aliphatic rings. The number of allylic oxidation sites excluding steroid dienone is 4. The second kappa shape index (κ2) is 17.7. The van der Waals surface area contributed by atoms with Crippen LogP contribution in [0.25, 0.3) is 10.9 Å². The Morgan fingerprint density at radius 2 is 2.02 bits per heavy atom. The largest absolute Gasteiger partial charge is 0.493 e. The third-order valence-electron chi connectivity index (χ3n) is 7.36. The summed E-state index contributed by atoms with van der Waals surface area (Å²) >= 11 is 6.49. The van der Waals surface area contributed by atoms with Crippen LogP contribution in [0.15, 0.2) is 65.0 Å². The normalized spacial score (nSPS) is 18.6. The SMILES string of the molecule is C/C=C(F)\C(=C/CC)NC(=O)NC1=CCC(Oc2ncnc3cc(OCCCN4CCCCOCCC4)c(OC)cc23)C=C1Cl. The average Bonchev–Trinajstić information content (AvgIpc) is 3.17. The van der Waals surface area contributed by atoms with Crippen LogP contribution in [0.4, 0.5) is 9.18 Å². The number of halogens is 2. The fourth-order valence-corrected chi connectivity index (χ4v) is 5.34. The van der Waals surface area contributed by atoms with E-state index >= 15 is 0 Å². The van der Waals surface area contributed by atoms with E-state index in [2.05, 4.69) is 25.5 Å². The summed E-state index contributed by atoms with van der Waals surface area (Å²) in [7, 11) is 1.59. The molecular weight excluding hydrogens is 601 g/mol. The molecule has 1 unspecified atom stereocenters. The van der Waals surface area contributed by atoms with Gasteiger partial charge in [0, 0.05) is 38.8 Å². The molecule has 2 amide bonds. The van der Waals surface area contributed by atoms with Crippen molar-refractivity contribution in [1.29, 1.82) is 0 Å². The number of nitrogens with zero attached hydrogens (tertiary/aromatic N) is 3. The van der Waals surface area contributed by atoms with Crippen LogP contribution in [0.2, 0.25) is 0 Å². The Bertz CT molecular complexity index is 1420. The fourth-order valence-electron chi connectivity index (χ4n) is 5.08. The molecule has 244 valence electrons. The van der Waals surface area contributed by atoms with E-state index in [-0.39, 0.29) is 5.70 Å². The van der Waals surface area contributed by atoms with E-state index < -0.39 is 18.0 Å². The van der Waals surface area contributed by atoms with Crippen molar-refractivity contribution >= 4 is 28.5 Å². The maximum absolute atomic E-state index is 14.1. The second-order valence-corrected chi connectivity index (χ2v) is 11.1. The van der Waals surface area contributed by atoms with Gasteiger partial charge in [-0.3, -0.25) is 0 Å². The smallest absolute Gasteiger partial charge is 0.323 e. The van der Waals surface area contributed by atoms with Gasteiger partial charge in [0.25, 0.3) is 0 Å². The number of carbonyl (C=O) groups excluding carboxylic acids is 1. The molecule has 4 rings (SSSR count). The van der Waals surface area contributed by atoms with Crippen LogP contribution in [0.3, 0.4) is 0 Å². The van der Waals surface area contributed by atoms with Crippen molar-refractivity contribution in [3.05, 3.63) is 65.0 Å². The van der Waals surface area contributed by atoms with Gasteiger partial charge in [0.1, 0.15) is 18.3 Å². The molecule has 0 spiro atoms. The van der Waals surface area contributed by atoms with Crippen LogP contribution in [0.1, 0.15) is 52.4 Å². The molecule has 0 saturated carbocycles. The van der Waals surface area contributed by atoms with Crippen molar-refractivity contribution in [2.45, 2.75) is 58.5 Å². The predicted molar refractivity (Wildman–Crippen MR) is 173 cm³/mol. The van der Waals surface area contributed by atoms with E-state index in [4.69, 9.17) is 30.5 Å². The summed E-state index contributed by atoms with van der Waals surface area (Å²) < 4.78 is 37.7. The number of hydrogen-bond donors (Lipinski definition) is 2. The number of urea groups is 1. The molecule has 2 aromatic rings. The number of amides is 2. The van der Waals surface area contributed by atoms with Gasteiger partial charge in [-0.15, -0.1) is 0 Å². The van der Waals surface area contributed by atoms with Crippen LogP contribution in [0, 0.1) is 0 Å². The minimum atomic E-state index is -0.598. The highest BCUT2D eigenvalue weighted by molar-refractivity contribution is 6.32. The summed E-state index contributed by atoms with van der Waals surface area (Å²) in [5, 5.41) is 6.16. The van der Waals surface area contributed by atoms with Crippen LogP contribution in [0.5, 0.6) is 17.4 Å². The summed E-state index contributed by atoms with van der Waals surface area (Å²) in [5.74, 6) is 1.02. The van der Waals surface area contributed by atoms with Crippen molar-refractivity contribution in [3.63, 3.8) is 0 Å². The number of fused-ring (bicyclic) bond motifs is 1. The first kappa shape index (κ1) is 34.2. The minimum absolute atomic E-state index is 0.101. The van der Waals surface area contributed by atoms with Crippen LogP contribution in [-0.2, 0) is 4.74 Å². The molecule has 1 fully saturated rings. The molecule has 1 aromatic heterocycles. The van der Waals surface area contributed by atoms with Gasteiger partial charge in [-0.25, -0.2) is 19.2 Å². The summed E-state index contributed by atoms with van der Waals surface area (Å²) in [6, 6.07) is 3.05. The maximum atomic E-state index is 14.1. The van der Waals surface area contributed by atoms with E-state index in [9.17, 15) is 9.18 Å². The molecule has 1 saturated heterocycles. The summed E-state index contributed by atoms with van der Waals surface area (Å²) in [4.78, 5) is 23.8. The summed E-state index contributed by atoms with van der Waals surface area (Å²) in [6.45, 7) is 8.74. The number of rotatable bonds is 12. The second-order valence-electron chi connectivity index (χ2n) is 10.7. The van der Waals surface area contributed by atoms with Crippen LogP contribution in [-0.4, -0.2) is 73.6 Å². The lowest BCUT2D eigenvalue weighted by molar-refractivity contribution is 0.130. The Labute approximate surface area is 269 Å². The van der Waals surface area contributed by atoms with Gasteiger partial charge in [0.05, 0.1) is 41.0 Å². The van der Waals surface area contributed by atoms with E-state index in [1.165, 1.54) is 12.4 Å². The Kier molecular flexibility index (Phi) is 13.5. The van der Waals surface area contributed by atoms with Crippen LogP contribution < -0.4 is 24.8 Å². The van der Waals surface area contributed by atoms with Crippen molar-refractivity contribution in [3.8, 4) is 17.4 Å². The van der Waals surface area contributed by atoms with Gasteiger partial charge in [0.2, 0.25) is 5.88 Å². The summed E-state index contributed by atoms with van der Waals surface area (Å²) in [6.07, 6.45) is 12.5. The van der Waals surface area contributed by atoms with E-state index in [1.807, 2.05) is 19.1 Å². The first-order valence-corrected chi connectivity index (χ1v) is 15.9. The Morgan fingerprint density at radius 3 is 2.80 bits per heavy atom. The molecule has 1 aliphatic carbocycles. The van der Waals surface area contributed by atoms with Gasteiger partial charge in [-0.05, 0) is 63.8 Å². The number of aromatic nitrogens is 2. The molecular formula is C33H43ClFN5O5. The minimum Gasteiger partial charge on any atom is -0.493 e. The molecule has 12 heteroatoms. The zero-order valence-electron chi connectivity index (χ0n) is 26.2. The maximum Gasteiger partial charge on any atom is 0.323 e. The number of ether oxygens (including phenoxy) is 4. The predicted octanol–water partition coefficient (Wildman–Crippen LogP) is 6.53. The molecule has 10 nitrogen and oxygen atoms in total. The highest BCUT2D eigenvalue weighted by Gasteiger charge is 2.21. The van der Waals surface area contributed by atoms with E-state index in [0.29, 0.717) is 58.5 Å². The van der Waals surface area contributed by atoms with E-state index in [0.717, 1.165) is 58.5 Å². The first-order chi connectivity index (χ1) is 21.9. The topological polar surface area (TPSA) is 107 Å². The van der Waals surface area contributed by atoms with Crippen molar-refractivity contribution < 1.29 is 28.1 Å². The highest BCUT2D eigenvalue weighted by Crippen LogP contribution is 2.35. The lowest BCUT2D eigenvalue weighted by Gasteiger charge is -2.22. The monoisotopic (exact) mass is 643 g/mol. The van der Waals surface area contributed by atoms with Gasteiger partial charge in [-0.1, -0.05) is 30.7 Å². The Morgan fingerprint density at radius 1 is 1.20 bits per heavy atom. The van der Waals surface area contributed by atoms with Gasteiger partial charge in [0.15, 0.2) is 11.5 Å². The standard InChI is InChI=1S/C33H43ClFN5O5/c1-4-10-28(26(35)5-2)39-33(41)38-27-12-11-23(19-25(27)34)45-32-24-20-30(42-3)31(21-29(24)36-22-37-32)44-18-9-15-40-13-6-7-16-43-17-8-14-40/h5,10,12,19-23H,4,6-9,11,13-18H2,1-3H3,(H2,38,39,41)/b26-5+,28-10+. The molecule has 0 radical (unpaired) electrons. The number of nitrogens with one attached hydrogen (secondary N) is 2. The number of methoxy groups -OCH3 is 1. The van der Waals surface area contributed by atoms with Gasteiger partial charge >= 0.3 is 6.03 Å². The zero-order valence-corrected chi connectivity index (χ0v) is 27.0. The zero-order chi connectivity index (χ0) is 32.0. The molecule has 45 heavy (non-hydrogen) atoms. The lowest BCUT2D eigenvalue weighted by Crippen LogP contribution is -2.35. The Balaban J connectivity index is 1.36. The first-order valence-electron chi connectivity index (χ1n) is 15.5. The number of hydrogen-bond acceptors (Lipinski definition) is 8. The fraction of sp³-hybridized carbons (Fsp3) is 0.485. The number of carbonyl (C=O) groups is 1. The van der Waals surface area contributed by atoms with Gasteiger partial charge in [-0.2, -0.15) is 0 Å². The quantitative estimate of drug-likeness (QED) is 0.199. The molecule has 0 bridgehead atoms. The summed E-state index contributed by atoms with van der Waals surface area (Å²) in [5.41, 5.74) is 1.16. The third kappa shape index (κ3) is 10.2. The molecule has 1 aromatic carbocycles. The average molecular weight is 644 g/mol. The Hall–Kier alpha value is -3.67. The molecule has 1 atom stereocenters.